The Hall–Kier alpha value is -1.55. The van der Waals surface area contributed by atoms with Crippen LogP contribution in [0.15, 0.2) is 24.3 Å². The zero-order valence-corrected chi connectivity index (χ0v) is 12.3. The van der Waals surface area contributed by atoms with Crippen LogP contribution in [0.25, 0.3) is 0 Å². The van der Waals surface area contributed by atoms with E-state index in [0.29, 0.717) is 5.78 Å². The fourth-order valence-electron chi connectivity index (χ4n) is 2.67. The van der Waals surface area contributed by atoms with E-state index in [0.717, 1.165) is 51.1 Å². The van der Waals surface area contributed by atoms with Crippen LogP contribution in [0.2, 0.25) is 0 Å². The Morgan fingerprint density at radius 1 is 1.30 bits per heavy atom. The molecule has 1 aliphatic heterocycles. The first-order valence-electron chi connectivity index (χ1n) is 7.50. The minimum Gasteiger partial charge on any atom is -0.385 e. The number of piperidine rings is 1. The molecule has 1 aliphatic rings. The van der Waals surface area contributed by atoms with Crippen LogP contribution >= 0.6 is 0 Å². The highest BCUT2D eigenvalue weighted by Crippen LogP contribution is 2.24. The zero-order chi connectivity index (χ0) is 14.4. The molecule has 1 heterocycles. The molecule has 4 nitrogen and oxygen atoms in total. The number of hydrogen-bond donors (Lipinski definition) is 2. The smallest absolute Gasteiger partial charge is 0.133 e. The number of nitrogens with zero attached hydrogens (tertiary/aromatic N) is 1. The number of carbonyl (C=O) groups is 1. The number of benzene rings is 1. The van der Waals surface area contributed by atoms with Gasteiger partial charge in [0.15, 0.2) is 0 Å². The molecule has 1 aromatic rings. The quantitative estimate of drug-likeness (QED) is 0.782. The maximum Gasteiger partial charge on any atom is 0.133 e. The van der Waals surface area contributed by atoms with Crippen LogP contribution in [0, 0.1) is 5.92 Å². The van der Waals surface area contributed by atoms with Crippen LogP contribution < -0.4 is 16.0 Å². The highest BCUT2D eigenvalue weighted by molar-refractivity contribution is 5.78. The Bertz CT molecular complexity index is 422. The average Bonchev–Trinajstić information content (AvgIpc) is 2.48. The highest BCUT2D eigenvalue weighted by Gasteiger charge is 2.22. The molecule has 0 aliphatic carbocycles. The van der Waals surface area contributed by atoms with Crippen LogP contribution in [-0.2, 0) is 4.79 Å². The van der Waals surface area contributed by atoms with Crippen LogP contribution in [-0.4, -0.2) is 32.0 Å². The molecular formula is C16H25N3O. The van der Waals surface area contributed by atoms with E-state index in [9.17, 15) is 4.79 Å². The van der Waals surface area contributed by atoms with E-state index < -0.39 is 0 Å². The second-order valence-corrected chi connectivity index (χ2v) is 5.49. The fraction of sp³-hybridized carbons (Fsp3) is 0.562. The first kappa shape index (κ1) is 14.9. The van der Waals surface area contributed by atoms with Gasteiger partial charge in [-0.25, -0.2) is 0 Å². The van der Waals surface area contributed by atoms with Crippen molar-refractivity contribution in [3.63, 3.8) is 0 Å². The molecule has 1 saturated heterocycles. The van der Waals surface area contributed by atoms with Gasteiger partial charge in [-0.2, -0.15) is 0 Å². The number of hydrogen-bond acceptors (Lipinski definition) is 4. The number of nitrogens with one attached hydrogen (secondary N) is 1. The molecule has 0 bridgehead atoms. The molecule has 0 unspecified atom stereocenters. The number of carbonyl (C=O) groups excluding carboxylic acids is 1. The van der Waals surface area contributed by atoms with Crippen molar-refractivity contribution in [3.05, 3.63) is 24.3 Å². The van der Waals surface area contributed by atoms with Crippen LogP contribution in [0.5, 0.6) is 0 Å². The summed E-state index contributed by atoms with van der Waals surface area (Å²) in [7, 11) is 0. The number of rotatable bonds is 6. The van der Waals surface area contributed by atoms with Gasteiger partial charge in [0.05, 0.1) is 0 Å². The van der Waals surface area contributed by atoms with Gasteiger partial charge in [0.25, 0.3) is 0 Å². The third kappa shape index (κ3) is 3.97. The van der Waals surface area contributed by atoms with E-state index in [1.54, 1.807) is 6.92 Å². The van der Waals surface area contributed by atoms with E-state index in [1.165, 1.54) is 5.69 Å². The summed E-state index contributed by atoms with van der Waals surface area (Å²) in [6.07, 6.45) is 2.94. The molecule has 0 spiro atoms. The monoisotopic (exact) mass is 275 g/mol. The predicted octanol–water partition coefficient (Wildman–Crippen LogP) is 2.25. The Labute approximate surface area is 121 Å². The van der Waals surface area contributed by atoms with E-state index in [2.05, 4.69) is 34.5 Å². The van der Waals surface area contributed by atoms with Gasteiger partial charge in [-0.3, -0.25) is 4.79 Å². The minimum atomic E-state index is 0.267. The Kier molecular flexibility index (Phi) is 5.41. The van der Waals surface area contributed by atoms with Crippen molar-refractivity contribution in [3.8, 4) is 0 Å². The van der Waals surface area contributed by atoms with Crippen LogP contribution in [0.3, 0.4) is 0 Å². The van der Waals surface area contributed by atoms with E-state index in [1.807, 2.05) is 0 Å². The van der Waals surface area contributed by atoms with Gasteiger partial charge in [0, 0.05) is 36.9 Å². The van der Waals surface area contributed by atoms with Gasteiger partial charge >= 0.3 is 0 Å². The molecule has 1 aromatic carbocycles. The second kappa shape index (κ2) is 7.29. The average molecular weight is 275 g/mol. The first-order valence-corrected chi connectivity index (χ1v) is 7.50. The van der Waals surface area contributed by atoms with Crippen molar-refractivity contribution in [1.29, 1.82) is 0 Å². The summed E-state index contributed by atoms with van der Waals surface area (Å²) in [6.45, 7) is 5.30. The summed E-state index contributed by atoms with van der Waals surface area (Å²) in [5.41, 5.74) is 7.86. The normalized spacial score (nSPS) is 16.2. The molecule has 0 amide bonds. The summed E-state index contributed by atoms with van der Waals surface area (Å²) in [4.78, 5) is 13.7. The summed E-state index contributed by atoms with van der Waals surface area (Å²) >= 11 is 0. The van der Waals surface area contributed by atoms with Gasteiger partial charge in [0.1, 0.15) is 5.78 Å². The molecular weight excluding hydrogens is 250 g/mol. The largest absolute Gasteiger partial charge is 0.385 e. The third-order valence-electron chi connectivity index (χ3n) is 4.01. The Balaban J connectivity index is 1.86. The molecule has 2 rings (SSSR count). The maximum atomic E-state index is 11.4. The molecule has 110 valence electrons. The second-order valence-electron chi connectivity index (χ2n) is 5.49. The third-order valence-corrected chi connectivity index (χ3v) is 4.01. The highest BCUT2D eigenvalue weighted by atomic mass is 16.1. The molecule has 3 N–H and O–H groups in total. The predicted molar refractivity (Wildman–Crippen MR) is 84.2 cm³/mol. The number of nitrogens with two attached hydrogens (primary N) is 1. The molecule has 0 saturated carbocycles. The summed E-state index contributed by atoms with van der Waals surface area (Å²) in [5.74, 6) is 0.604. The number of ketones is 1. The lowest BCUT2D eigenvalue weighted by Gasteiger charge is -2.32. The van der Waals surface area contributed by atoms with Gasteiger partial charge < -0.3 is 16.0 Å². The summed E-state index contributed by atoms with van der Waals surface area (Å²) in [5, 5.41) is 3.35. The van der Waals surface area contributed by atoms with Crippen molar-refractivity contribution in [2.45, 2.75) is 26.2 Å². The molecule has 4 heteroatoms. The maximum absolute atomic E-state index is 11.4. The Morgan fingerprint density at radius 3 is 2.50 bits per heavy atom. The minimum absolute atomic E-state index is 0.267. The van der Waals surface area contributed by atoms with Crippen molar-refractivity contribution in [1.82, 2.24) is 0 Å². The summed E-state index contributed by atoms with van der Waals surface area (Å²) in [6, 6.07) is 8.53. The van der Waals surface area contributed by atoms with E-state index in [4.69, 9.17) is 5.73 Å². The van der Waals surface area contributed by atoms with Crippen LogP contribution in [0.1, 0.15) is 26.2 Å². The first-order chi connectivity index (χ1) is 9.70. The van der Waals surface area contributed by atoms with Gasteiger partial charge in [-0.15, -0.1) is 0 Å². The fourth-order valence-corrected chi connectivity index (χ4v) is 2.67. The molecule has 20 heavy (non-hydrogen) atoms. The van der Waals surface area contributed by atoms with Crippen LogP contribution in [0.4, 0.5) is 11.4 Å². The standard InChI is InChI=1S/C16H25N3O/c1-13(20)14-7-11-19(12-8-14)16-5-3-15(4-6-16)18-10-2-9-17/h3-6,14,18H,2,7-12,17H2,1H3. The Morgan fingerprint density at radius 2 is 1.95 bits per heavy atom. The number of Topliss-reactive ketones (excluding diaryl/α,β-unsaturated/α-hetero) is 1. The lowest BCUT2D eigenvalue weighted by molar-refractivity contribution is -0.121. The van der Waals surface area contributed by atoms with Gasteiger partial charge in [-0.1, -0.05) is 0 Å². The lowest BCUT2D eigenvalue weighted by atomic mass is 9.93. The zero-order valence-electron chi connectivity index (χ0n) is 12.3. The molecule has 0 aromatic heterocycles. The van der Waals surface area contributed by atoms with Gasteiger partial charge in [0.2, 0.25) is 0 Å². The lowest BCUT2D eigenvalue weighted by Crippen LogP contribution is -2.35. The molecule has 0 radical (unpaired) electrons. The van der Waals surface area contributed by atoms with Crippen molar-refractivity contribution in [2.75, 3.05) is 36.4 Å². The number of anilines is 2. The van der Waals surface area contributed by atoms with Crippen molar-refractivity contribution >= 4 is 17.2 Å². The van der Waals surface area contributed by atoms with Crippen molar-refractivity contribution in [2.24, 2.45) is 11.7 Å². The van der Waals surface area contributed by atoms with Crippen molar-refractivity contribution < 1.29 is 4.79 Å². The molecule has 1 fully saturated rings. The molecule has 0 atom stereocenters. The summed E-state index contributed by atoms with van der Waals surface area (Å²) < 4.78 is 0. The topological polar surface area (TPSA) is 58.4 Å². The SMILES string of the molecule is CC(=O)C1CCN(c2ccc(NCCCN)cc2)CC1. The van der Waals surface area contributed by atoms with Gasteiger partial charge in [-0.05, 0) is 57.0 Å². The van der Waals surface area contributed by atoms with E-state index >= 15 is 0 Å². The van der Waals surface area contributed by atoms with E-state index in [-0.39, 0.29) is 5.92 Å².